The Bertz CT molecular complexity index is 743. The first-order valence-corrected chi connectivity index (χ1v) is 9.01. The summed E-state index contributed by atoms with van der Waals surface area (Å²) in [5.41, 5.74) is 2.11. The lowest BCUT2D eigenvalue weighted by Crippen LogP contribution is -2.32. The van der Waals surface area contributed by atoms with Gasteiger partial charge in [0.15, 0.2) is 17.5 Å². The first kappa shape index (κ1) is 20.4. The fraction of sp³-hybridized carbons (Fsp3) is 0.381. The molecule has 0 aliphatic rings. The van der Waals surface area contributed by atoms with Crippen molar-refractivity contribution in [3.63, 3.8) is 0 Å². The quantitative estimate of drug-likeness (QED) is 0.547. The summed E-state index contributed by atoms with van der Waals surface area (Å²) in [5.74, 6) is 2.95. The van der Waals surface area contributed by atoms with E-state index in [4.69, 9.17) is 14.2 Å². The number of methoxy groups -OCH3 is 2. The van der Waals surface area contributed by atoms with Gasteiger partial charge in [0.2, 0.25) is 0 Å². The van der Waals surface area contributed by atoms with Crippen LogP contribution in [0.2, 0.25) is 0 Å². The highest BCUT2D eigenvalue weighted by atomic mass is 16.5. The minimum absolute atomic E-state index is 0.184. The third-order valence-corrected chi connectivity index (χ3v) is 3.87. The number of hydrogen-bond donors (Lipinski definition) is 2. The maximum absolute atomic E-state index is 5.67. The molecule has 0 aromatic heterocycles. The number of nitrogens with one attached hydrogen (secondary N) is 2. The van der Waals surface area contributed by atoms with Crippen molar-refractivity contribution in [3.05, 3.63) is 48.0 Å². The molecule has 0 amide bonds. The second-order valence-corrected chi connectivity index (χ2v) is 6.25. The van der Waals surface area contributed by atoms with E-state index in [2.05, 4.69) is 27.8 Å². The molecule has 0 fully saturated rings. The van der Waals surface area contributed by atoms with Crippen molar-refractivity contribution in [2.45, 2.75) is 26.4 Å². The fourth-order valence-corrected chi connectivity index (χ4v) is 2.56. The summed E-state index contributed by atoms with van der Waals surface area (Å²) < 4.78 is 16.3. The van der Waals surface area contributed by atoms with E-state index < -0.39 is 0 Å². The first-order chi connectivity index (χ1) is 13.0. The van der Waals surface area contributed by atoms with Crippen LogP contribution in [0.25, 0.3) is 0 Å². The highest BCUT2D eigenvalue weighted by Gasteiger charge is 2.06. The minimum atomic E-state index is 0.184. The molecule has 0 aliphatic carbocycles. The zero-order valence-corrected chi connectivity index (χ0v) is 16.7. The van der Waals surface area contributed by atoms with Crippen LogP contribution < -0.4 is 24.8 Å². The SMILES string of the molecule is CN=C(NCCc1ccc(OC(C)C)cc1)Nc1ccc(OC)c(OC)c1. The Labute approximate surface area is 161 Å². The number of hydrogen-bond acceptors (Lipinski definition) is 4. The summed E-state index contributed by atoms with van der Waals surface area (Å²) in [6, 6.07) is 13.8. The van der Waals surface area contributed by atoms with Gasteiger partial charge < -0.3 is 24.8 Å². The number of rotatable bonds is 8. The Kier molecular flexibility index (Phi) is 7.79. The molecule has 27 heavy (non-hydrogen) atoms. The third kappa shape index (κ3) is 6.40. The van der Waals surface area contributed by atoms with Crippen LogP contribution in [0, 0.1) is 0 Å². The molecule has 0 radical (unpaired) electrons. The lowest BCUT2D eigenvalue weighted by Gasteiger charge is -2.14. The topological polar surface area (TPSA) is 64.1 Å². The van der Waals surface area contributed by atoms with Crippen LogP contribution in [0.1, 0.15) is 19.4 Å². The number of aliphatic imine (C=N–C) groups is 1. The van der Waals surface area contributed by atoms with Gasteiger partial charge in [0.1, 0.15) is 5.75 Å². The largest absolute Gasteiger partial charge is 0.493 e. The molecule has 2 aromatic carbocycles. The van der Waals surface area contributed by atoms with Crippen molar-refractivity contribution in [1.29, 1.82) is 0 Å². The molecule has 0 aliphatic heterocycles. The average Bonchev–Trinajstić information content (AvgIpc) is 2.67. The normalized spacial score (nSPS) is 11.3. The van der Waals surface area contributed by atoms with Gasteiger partial charge in [0, 0.05) is 25.3 Å². The number of anilines is 1. The summed E-state index contributed by atoms with van der Waals surface area (Å²) in [4.78, 5) is 4.26. The molecule has 0 saturated carbocycles. The zero-order chi connectivity index (χ0) is 19.6. The molecule has 0 spiro atoms. The maximum atomic E-state index is 5.67. The van der Waals surface area contributed by atoms with E-state index in [1.165, 1.54) is 5.56 Å². The van der Waals surface area contributed by atoms with Crippen LogP contribution in [-0.2, 0) is 6.42 Å². The summed E-state index contributed by atoms with van der Waals surface area (Å²) in [7, 11) is 4.98. The molecular formula is C21H29N3O3. The summed E-state index contributed by atoms with van der Waals surface area (Å²) in [6.45, 7) is 4.81. The first-order valence-electron chi connectivity index (χ1n) is 9.01. The molecule has 146 valence electrons. The Balaban J connectivity index is 1.87. The van der Waals surface area contributed by atoms with E-state index in [9.17, 15) is 0 Å². The molecule has 0 heterocycles. The van der Waals surface area contributed by atoms with Crippen molar-refractivity contribution in [3.8, 4) is 17.2 Å². The van der Waals surface area contributed by atoms with Crippen molar-refractivity contribution < 1.29 is 14.2 Å². The van der Waals surface area contributed by atoms with Gasteiger partial charge in [-0.15, -0.1) is 0 Å². The predicted molar refractivity (Wildman–Crippen MR) is 110 cm³/mol. The fourth-order valence-electron chi connectivity index (χ4n) is 2.56. The van der Waals surface area contributed by atoms with Gasteiger partial charge in [-0.25, -0.2) is 0 Å². The van der Waals surface area contributed by atoms with E-state index in [-0.39, 0.29) is 6.10 Å². The van der Waals surface area contributed by atoms with E-state index in [0.717, 1.165) is 24.4 Å². The standard InChI is InChI=1S/C21H29N3O3/c1-15(2)27-18-9-6-16(7-10-18)12-13-23-21(22-3)24-17-8-11-19(25-4)20(14-17)26-5/h6-11,14-15H,12-13H2,1-5H3,(H2,22,23,24). The smallest absolute Gasteiger partial charge is 0.195 e. The zero-order valence-electron chi connectivity index (χ0n) is 16.7. The van der Waals surface area contributed by atoms with Crippen LogP contribution in [0.4, 0.5) is 5.69 Å². The second kappa shape index (κ2) is 10.3. The number of guanidine groups is 1. The van der Waals surface area contributed by atoms with E-state index in [0.29, 0.717) is 17.5 Å². The molecule has 2 rings (SSSR count). The number of nitrogens with zero attached hydrogens (tertiary/aromatic N) is 1. The van der Waals surface area contributed by atoms with Gasteiger partial charge in [-0.1, -0.05) is 12.1 Å². The summed E-state index contributed by atoms with van der Waals surface area (Å²) >= 11 is 0. The Morgan fingerprint density at radius 2 is 1.70 bits per heavy atom. The lowest BCUT2D eigenvalue weighted by molar-refractivity contribution is 0.242. The van der Waals surface area contributed by atoms with Crippen LogP contribution in [0.3, 0.4) is 0 Å². The molecule has 6 nitrogen and oxygen atoms in total. The highest BCUT2D eigenvalue weighted by molar-refractivity contribution is 5.93. The monoisotopic (exact) mass is 371 g/mol. The van der Waals surface area contributed by atoms with Gasteiger partial charge in [-0.05, 0) is 50.1 Å². The van der Waals surface area contributed by atoms with Crippen molar-refractivity contribution in [2.75, 3.05) is 33.1 Å². The van der Waals surface area contributed by atoms with Crippen molar-refractivity contribution in [2.24, 2.45) is 4.99 Å². The molecule has 0 saturated heterocycles. The number of ether oxygens (including phenoxy) is 3. The van der Waals surface area contributed by atoms with E-state index >= 15 is 0 Å². The highest BCUT2D eigenvalue weighted by Crippen LogP contribution is 2.29. The molecule has 6 heteroatoms. The lowest BCUT2D eigenvalue weighted by atomic mass is 10.1. The Hall–Kier alpha value is -2.89. The van der Waals surface area contributed by atoms with Crippen LogP contribution in [0.5, 0.6) is 17.2 Å². The molecule has 0 atom stereocenters. The molecular weight excluding hydrogens is 342 g/mol. The van der Waals surface area contributed by atoms with Gasteiger partial charge in [-0.3, -0.25) is 4.99 Å². The van der Waals surface area contributed by atoms with Crippen LogP contribution >= 0.6 is 0 Å². The Morgan fingerprint density at radius 1 is 1.00 bits per heavy atom. The molecule has 2 N–H and O–H groups in total. The average molecular weight is 371 g/mol. The number of benzene rings is 2. The van der Waals surface area contributed by atoms with E-state index in [1.807, 2.05) is 44.2 Å². The van der Waals surface area contributed by atoms with E-state index in [1.54, 1.807) is 21.3 Å². The maximum Gasteiger partial charge on any atom is 0.195 e. The summed E-state index contributed by atoms with van der Waals surface area (Å²) in [6.07, 6.45) is 1.07. The van der Waals surface area contributed by atoms with Gasteiger partial charge in [0.25, 0.3) is 0 Å². The van der Waals surface area contributed by atoms with Gasteiger partial charge >= 0.3 is 0 Å². The van der Waals surface area contributed by atoms with Gasteiger partial charge in [0.05, 0.1) is 20.3 Å². The molecule has 2 aromatic rings. The molecule has 0 bridgehead atoms. The molecule has 0 unspecified atom stereocenters. The minimum Gasteiger partial charge on any atom is -0.493 e. The van der Waals surface area contributed by atoms with Gasteiger partial charge in [-0.2, -0.15) is 0 Å². The van der Waals surface area contributed by atoms with Crippen molar-refractivity contribution in [1.82, 2.24) is 5.32 Å². The third-order valence-electron chi connectivity index (χ3n) is 3.87. The van der Waals surface area contributed by atoms with Crippen LogP contribution in [-0.4, -0.2) is 39.9 Å². The predicted octanol–water partition coefficient (Wildman–Crippen LogP) is 3.72. The summed E-state index contributed by atoms with van der Waals surface area (Å²) in [5, 5.41) is 6.57. The second-order valence-electron chi connectivity index (χ2n) is 6.25. The van der Waals surface area contributed by atoms with Crippen LogP contribution in [0.15, 0.2) is 47.5 Å². The van der Waals surface area contributed by atoms with Crippen molar-refractivity contribution >= 4 is 11.6 Å². The Morgan fingerprint density at radius 3 is 2.30 bits per heavy atom.